The lowest BCUT2D eigenvalue weighted by Gasteiger charge is -2.10. The number of hydrogen-bond donors (Lipinski definition) is 1. The van der Waals surface area contributed by atoms with E-state index in [1.807, 2.05) is 12.1 Å². The van der Waals surface area contributed by atoms with Gasteiger partial charge >= 0.3 is 0 Å². The average Bonchev–Trinajstić information content (AvgIpc) is 2.26. The Morgan fingerprint density at radius 3 is 3.00 bits per heavy atom. The molecule has 0 aromatic carbocycles. The second-order valence-electron chi connectivity index (χ2n) is 3.13. The third kappa shape index (κ3) is 2.63. The molecule has 0 radical (unpaired) electrons. The van der Waals surface area contributed by atoms with Gasteiger partial charge < -0.3 is 5.32 Å². The van der Waals surface area contributed by atoms with Crippen molar-refractivity contribution in [3.8, 4) is 12.3 Å². The van der Waals surface area contributed by atoms with E-state index in [4.69, 9.17) is 6.42 Å². The molecular formula is C12H14N2. The first-order chi connectivity index (χ1) is 6.77. The van der Waals surface area contributed by atoms with E-state index in [2.05, 4.69) is 29.7 Å². The second-order valence-corrected chi connectivity index (χ2v) is 3.13. The highest BCUT2D eigenvalue weighted by atomic mass is 14.8. The van der Waals surface area contributed by atoms with Crippen LogP contribution in [0.5, 0.6) is 0 Å². The largest absolute Gasteiger partial charge is 0.391 e. The average molecular weight is 186 g/mol. The molecule has 0 aliphatic rings. The minimum atomic E-state index is 0.361. The zero-order valence-electron chi connectivity index (χ0n) is 8.33. The Hall–Kier alpha value is -1.75. The molecule has 1 aromatic heterocycles. The van der Waals surface area contributed by atoms with Crippen LogP contribution >= 0.6 is 0 Å². The van der Waals surface area contributed by atoms with Gasteiger partial charge in [0.1, 0.15) is 0 Å². The Morgan fingerprint density at radius 1 is 1.71 bits per heavy atom. The molecule has 0 fully saturated rings. The third-order valence-corrected chi connectivity index (χ3v) is 2.03. The summed E-state index contributed by atoms with van der Waals surface area (Å²) in [6.45, 7) is 6.54. The third-order valence-electron chi connectivity index (χ3n) is 2.03. The van der Waals surface area contributed by atoms with Gasteiger partial charge in [0.25, 0.3) is 0 Å². The lowest BCUT2D eigenvalue weighted by Crippen LogP contribution is -2.14. The molecule has 0 aliphatic heterocycles. The summed E-state index contributed by atoms with van der Waals surface area (Å²) in [5.41, 5.74) is 1.86. The molecule has 14 heavy (non-hydrogen) atoms. The zero-order chi connectivity index (χ0) is 10.4. The molecule has 2 nitrogen and oxygen atoms in total. The standard InChI is InChI=1S/C12H14N2/c1-4-11-6-7-12(14-9-11)10(3)8-13-5-2/h1,5-7,9-10,13H,2,8H2,3H3/t10-/m0/s1. The Balaban J connectivity index is 2.67. The maximum Gasteiger partial charge on any atom is 0.0450 e. The van der Waals surface area contributed by atoms with E-state index in [1.165, 1.54) is 0 Å². The molecule has 0 spiro atoms. The van der Waals surface area contributed by atoms with Crippen LogP contribution in [-0.2, 0) is 0 Å². The first-order valence-corrected chi connectivity index (χ1v) is 4.54. The van der Waals surface area contributed by atoms with Crippen LogP contribution in [0.2, 0.25) is 0 Å². The highest BCUT2D eigenvalue weighted by Crippen LogP contribution is 2.11. The summed E-state index contributed by atoms with van der Waals surface area (Å²) in [5, 5.41) is 3.06. The van der Waals surface area contributed by atoms with Crippen LogP contribution in [0, 0.1) is 12.3 Å². The highest BCUT2D eigenvalue weighted by Gasteiger charge is 2.04. The normalized spacial score (nSPS) is 11.4. The van der Waals surface area contributed by atoms with Gasteiger partial charge in [-0.05, 0) is 18.3 Å². The number of hydrogen-bond acceptors (Lipinski definition) is 2. The maximum atomic E-state index is 5.24. The number of pyridine rings is 1. The van der Waals surface area contributed by atoms with E-state index >= 15 is 0 Å². The van der Waals surface area contributed by atoms with E-state index < -0.39 is 0 Å². The Kier molecular flexibility index (Phi) is 3.75. The van der Waals surface area contributed by atoms with Gasteiger partial charge in [-0.25, -0.2) is 0 Å². The predicted octanol–water partition coefficient (Wildman–Crippen LogP) is 1.90. The van der Waals surface area contributed by atoms with Crippen LogP contribution < -0.4 is 5.32 Å². The second kappa shape index (κ2) is 5.08. The van der Waals surface area contributed by atoms with E-state index in [9.17, 15) is 0 Å². The topological polar surface area (TPSA) is 24.9 Å². The molecule has 1 atom stereocenters. The number of rotatable bonds is 4. The van der Waals surface area contributed by atoms with Crippen molar-refractivity contribution in [3.63, 3.8) is 0 Å². The number of nitrogens with one attached hydrogen (secondary N) is 1. The number of nitrogens with zero attached hydrogens (tertiary/aromatic N) is 1. The van der Waals surface area contributed by atoms with Crippen molar-refractivity contribution in [2.24, 2.45) is 0 Å². The first kappa shape index (κ1) is 10.3. The van der Waals surface area contributed by atoms with Gasteiger partial charge in [-0.1, -0.05) is 19.4 Å². The van der Waals surface area contributed by atoms with Crippen LogP contribution in [-0.4, -0.2) is 11.5 Å². The van der Waals surface area contributed by atoms with Gasteiger partial charge in [0.2, 0.25) is 0 Å². The van der Waals surface area contributed by atoms with Crippen LogP contribution in [0.15, 0.2) is 31.1 Å². The van der Waals surface area contributed by atoms with Gasteiger partial charge in [-0.2, -0.15) is 0 Å². The minimum Gasteiger partial charge on any atom is -0.391 e. The smallest absolute Gasteiger partial charge is 0.0450 e. The Morgan fingerprint density at radius 2 is 2.50 bits per heavy atom. The van der Waals surface area contributed by atoms with Crippen molar-refractivity contribution in [2.75, 3.05) is 6.54 Å². The van der Waals surface area contributed by atoms with E-state index in [1.54, 1.807) is 12.4 Å². The lowest BCUT2D eigenvalue weighted by molar-refractivity contribution is 0.682. The summed E-state index contributed by atoms with van der Waals surface area (Å²) in [6, 6.07) is 3.87. The molecule has 1 N–H and O–H groups in total. The van der Waals surface area contributed by atoms with Gasteiger partial charge in [0.05, 0.1) is 0 Å². The predicted molar refractivity (Wildman–Crippen MR) is 58.8 cm³/mol. The number of aromatic nitrogens is 1. The first-order valence-electron chi connectivity index (χ1n) is 4.54. The molecule has 72 valence electrons. The van der Waals surface area contributed by atoms with Crippen molar-refractivity contribution in [3.05, 3.63) is 42.4 Å². The fraction of sp³-hybridized carbons (Fsp3) is 0.250. The minimum absolute atomic E-state index is 0.361. The van der Waals surface area contributed by atoms with Crippen molar-refractivity contribution in [1.82, 2.24) is 10.3 Å². The van der Waals surface area contributed by atoms with Crippen LogP contribution in [0.25, 0.3) is 0 Å². The fourth-order valence-corrected chi connectivity index (χ4v) is 1.15. The maximum absolute atomic E-state index is 5.24. The summed E-state index contributed by atoms with van der Waals surface area (Å²) in [7, 11) is 0. The van der Waals surface area contributed by atoms with Crippen molar-refractivity contribution in [2.45, 2.75) is 12.8 Å². The van der Waals surface area contributed by atoms with Crippen LogP contribution in [0.4, 0.5) is 0 Å². The molecule has 0 aliphatic carbocycles. The summed E-state index contributed by atoms with van der Waals surface area (Å²) in [4.78, 5) is 4.29. The van der Waals surface area contributed by atoms with Gasteiger partial charge in [-0.3, -0.25) is 4.98 Å². The van der Waals surface area contributed by atoms with Crippen molar-refractivity contribution in [1.29, 1.82) is 0 Å². The quantitative estimate of drug-likeness (QED) is 0.726. The summed E-state index contributed by atoms with van der Waals surface area (Å²) in [6.07, 6.45) is 8.65. The zero-order valence-corrected chi connectivity index (χ0v) is 8.33. The van der Waals surface area contributed by atoms with E-state index in [0.29, 0.717) is 5.92 Å². The molecule has 0 unspecified atom stereocenters. The van der Waals surface area contributed by atoms with Crippen LogP contribution in [0.3, 0.4) is 0 Å². The van der Waals surface area contributed by atoms with Crippen molar-refractivity contribution >= 4 is 0 Å². The van der Waals surface area contributed by atoms with E-state index in [-0.39, 0.29) is 0 Å². The lowest BCUT2D eigenvalue weighted by atomic mass is 10.1. The van der Waals surface area contributed by atoms with Gasteiger partial charge in [0.15, 0.2) is 0 Å². The Bertz CT molecular complexity index is 332. The summed E-state index contributed by atoms with van der Waals surface area (Å²) < 4.78 is 0. The van der Waals surface area contributed by atoms with Gasteiger partial charge in [0, 0.05) is 29.9 Å². The number of terminal acetylenes is 1. The highest BCUT2D eigenvalue weighted by molar-refractivity contribution is 5.30. The summed E-state index contributed by atoms with van der Waals surface area (Å²) in [5.74, 6) is 2.90. The summed E-state index contributed by atoms with van der Waals surface area (Å²) >= 11 is 0. The van der Waals surface area contributed by atoms with Crippen LogP contribution in [0.1, 0.15) is 24.1 Å². The molecule has 1 aromatic rings. The molecule has 0 amide bonds. The van der Waals surface area contributed by atoms with E-state index in [0.717, 1.165) is 17.8 Å². The Labute approximate surface area is 85.1 Å². The SMILES string of the molecule is C#Cc1ccc([C@@H](C)CNC=C)nc1. The van der Waals surface area contributed by atoms with Crippen molar-refractivity contribution < 1.29 is 0 Å². The molecule has 0 saturated carbocycles. The molecule has 2 heteroatoms. The molecular weight excluding hydrogens is 172 g/mol. The monoisotopic (exact) mass is 186 g/mol. The molecule has 1 heterocycles. The molecule has 0 bridgehead atoms. The fourth-order valence-electron chi connectivity index (χ4n) is 1.15. The van der Waals surface area contributed by atoms with Gasteiger partial charge in [-0.15, -0.1) is 6.42 Å². The molecule has 0 saturated heterocycles. The molecule has 1 rings (SSSR count).